The Balaban J connectivity index is 2.20. The summed E-state index contributed by atoms with van der Waals surface area (Å²) in [5, 5.41) is 0.585. The lowest BCUT2D eigenvalue weighted by molar-refractivity contribution is 0.317. The Labute approximate surface area is 112 Å². The van der Waals surface area contributed by atoms with Crippen molar-refractivity contribution < 1.29 is 4.74 Å². The minimum absolute atomic E-state index is 0.585. The first-order valence-corrected chi connectivity index (χ1v) is 6.36. The molecule has 0 atom stereocenters. The van der Waals surface area contributed by atoms with E-state index in [1.807, 2.05) is 42.5 Å². The zero-order valence-electron chi connectivity index (χ0n) is 10.3. The molecule has 0 aliphatic heterocycles. The molecule has 94 valence electrons. The van der Waals surface area contributed by atoms with Gasteiger partial charge in [-0.15, -0.1) is 0 Å². The van der Waals surface area contributed by atoms with Crippen molar-refractivity contribution in [2.75, 3.05) is 12.3 Å². The van der Waals surface area contributed by atoms with Crippen molar-refractivity contribution >= 4 is 17.3 Å². The van der Waals surface area contributed by atoms with E-state index in [1.165, 1.54) is 0 Å². The summed E-state index contributed by atoms with van der Waals surface area (Å²) < 4.78 is 5.54. The van der Waals surface area contributed by atoms with Crippen molar-refractivity contribution in [3.05, 3.63) is 47.5 Å². The molecule has 0 aliphatic carbocycles. The molecule has 3 heteroatoms. The SMILES string of the molecule is CCCOc1ccc(-c2ccc(Cl)c(N)c2)cc1. The van der Waals surface area contributed by atoms with E-state index in [0.29, 0.717) is 10.7 Å². The van der Waals surface area contributed by atoms with Crippen LogP contribution in [-0.2, 0) is 0 Å². The van der Waals surface area contributed by atoms with Crippen LogP contribution in [0.2, 0.25) is 5.02 Å². The van der Waals surface area contributed by atoms with Gasteiger partial charge in [0, 0.05) is 0 Å². The number of nitrogen functional groups attached to an aromatic ring is 1. The largest absolute Gasteiger partial charge is 0.494 e. The molecule has 0 fully saturated rings. The molecule has 0 saturated carbocycles. The van der Waals surface area contributed by atoms with Crippen LogP contribution in [0.15, 0.2) is 42.5 Å². The molecule has 0 aromatic heterocycles. The number of hydrogen-bond donors (Lipinski definition) is 1. The predicted octanol–water partition coefficient (Wildman–Crippen LogP) is 4.38. The van der Waals surface area contributed by atoms with Gasteiger partial charge in [0.15, 0.2) is 0 Å². The molecule has 0 spiro atoms. The molecule has 2 aromatic rings. The zero-order valence-corrected chi connectivity index (χ0v) is 11.1. The first-order chi connectivity index (χ1) is 8.70. The van der Waals surface area contributed by atoms with Crippen LogP contribution in [0.3, 0.4) is 0 Å². The number of ether oxygens (including phenoxy) is 1. The predicted molar refractivity (Wildman–Crippen MR) is 77.1 cm³/mol. The summed E-state index contributed by atoms with van der Waals surface area (Å²) in [5.74, 6) is 0.891. The van der Waals surface area contributed by atoms with E-state index in [4.69, 9.17) is 22.1 Å². The van der Waals surface area contributed by atoms with E-state index in [2.05, 4.69) is 6.92 Å². The Morgan fingerprint density at radius 1 is 1.06 bits per heavy atom. The summed E-state index contributed by atoms with van der Waals surface area (Å²) in [6.07, 6.45) is 1.01. The number of rotatable bonds is 4. The van der Waals surface area contributed by atoms with Crippen molar-refractivity contribution in [2.45, 2.75) is 13.3 Å². The molecule has 18 heavy (non-hydrogen) atoms. The maximum atomic E-state index is 5.91. The van der Waals surface area contributed by atoms with Gasteiger partial charge in [-0.2, -0.15) is 0 Å². The Morgan fingerprint density at radius 2 is 1.72 bits per heavy atom. The smallest absolute Gasteiger partial charge is 0.119 e. The standard InChI is InChI=1S/C15H16ClNO/c1-2-9-18-13-6-3-11(4-7-13)12-5-8-14(16)15(17)10-12/h3-8,10H,2,9,17H2,1H3. The Morgan fingerprint density at radius 3 is 2.33 bits per heavy atom. The Bertz CT molecular complexity index is 523. The lowest BCUT2D eigenvalue weighted by Crippen LogP contribution is -1.94. The van der Waals surface area contributed by atoms with E-state index in [0.717, 1.165) is 29.9 Å². The lowest BCUT2D eigenvalue weighted by Gasteiger charge is -2.07. The van der Waals surface area contributed by atoms with Crippen molar-refractivity contribution in [3.63, 3.8) is 0 Å². The number of nitrogens with two attached hydrogens (primary N) is 1. The Kier molecular flexibility index (Phi) is 4.11. The summed E-state index contributed by atoms with van der Waals surface area (Å²) in [6.45, 7) is 2.83. The lowest BCUT2D eigenvalue weighted by atomic mass is 10.1. The summed E-state index contributed by atoms with van der Waals surface area (Å²) >= 11 is 5.91. The minimum atomic E-state index is 0.585. The van der Waals surface area contributed by atoms with E-state index in [1.54, 1.807) is 0 Å². The molecular weight excluding hydrogens is 246 g/mol. The summed E-state index contributed by atoms with van der Waals surface area (Å²) in [4.78, 5) is 0. The second-order valence-corrected chi connectivity index (χ2v) is 4.52. The van der Waals surface area contributed by atoms with Crippen LogP contribution >= 0.6 is 11.6 Å². The van der Waals surface area contributed by atoms with E-state index < -0.39 is 0 Å². The van der Waals surface area contributed by atoms with Gasteiger partial charge in [-0.1, -0.05) is 36.7 Å². The zero-order chi connectivity index (χ0) is 13.0. The van der Waals surface area contributed by atoms with Crippen LogP contribution in [0.5, 0.6) is 5.75 Å². The molecular formula is C15H16ClNO. The molecule has 2 rings (SSSR count). The van der Waals surface area contributed by atoms with E-state index in [-0.39, 0.29) is 0 Å². The van der Waals surface area contributed by atoms with Gasteiger partial charge in [0.2, 0.25) is 0 Å². The van der Waals surface area contributed by atoms with Gasteiger partial charge in [-0.05, 0) is 41.8 Å². The second kappa shape index (κ2) is 5.78. The normalized spacial score (nSPS) is 10.3. The van der Waals surface area contributed by atoms with Crippen LogP contribution in [0.1, 0.15) is 13.3 Å². The highest BCUT2D eigenvalue weighted by molar-refractivity contribution is 6.33. The van der Waals surface area contributed by atoms with Gasteiger partial charge in [-0.25, -0.2) is 0 Å². The summed E-state index contributed by atoms with van der Waals surface area (Å²) in [6, 6.07) is 13.6. The fraction of sp³-hybridized carbons (Fsp3) is 0.200. The molecule has 0 radical (unpaired) electrons. The molecule has 2 N–H and O–H groups in total. The summed E-state index contributed by atoms with van der Waals surface area (Å²) in [7, 11) is 0. The maximum Gasteiger partial charge on any atom is 0.119 e. The molecule has 2 nitrogen and oxygen atoms in total. The topological polar surface area (TPSA) is 35.2 Å². The highest BCUT2D eigenvalue weighted by Crippen LogP contribution is 2.27. The highest BCUT2D eigenvalue weighted by Gasteiger charge is 2.01. The third-order valence-corrected chi connectivity index (χ3v) is 3.00. The summed E-state index contributed by atoms with van der Waals surface area (Å²) in [5.41, 5.74) is 8.55. The van der Waals surface area contributed by atoms with Crippen molar-refractivity contribution in [2.24, 2.45) is 0 Å². The second-order valence-electron chi connectivity index (χ2n) is 4.11. The molecule has 0 bridgehead atoms. The quantitative estimate of drug-likeness (QED) is 0.829. The molecule has 0 unspecified atom stereocenters. The van der Waals surface area contributed by atoms with Crippen molar-refractivity contribution in [3.8, 4) is 16.9 Å². The fourth-order valence-corrected chi connectivity index (χ4v) is 1.80. The number of benzene rings is 2. The van der Waals surface area contributed by atoms with Crippen molar-refractivity contribution in [1.29, 1.82) is 0 Å². The van der Waals surface area contributed by atoms with Gasteiger partial charge in [0.05, 0.1) is 17.3 Å². The molecule has 0 heterocycles. The van der Waals surface area contributed by atoms with Gasteiger partial charge >= 0.3 is 0 Å². The van der Waals surface area contributed by atoms with E-state index >= 15 is 0 Å². The number of anilines is 1. The molecule has 2 aromatic carbocycles. The first-order valence-electron chi connectivity index (χ1n) is 5.99. The van der Waals surface area contributed by atoms with Crippen LogP contribution in [0.4, 0.5) is 5.69 Å². The van der Waals surface area contributed by atoms with Crippen LogP contribution in [-0.4, -0.2) is 6.61 Å². The van der Waals surface area contributed by atoms with Gasteiger partial charge in [0.1, 0.15) is 5.75 Å². The number of hydrogen-bond acceptors (Lipinski definition) is 2. The minimum Gasteiger partial charge on any atom is -0.494 e. The molecule has 0 amide bonds. The number of halogens is 1. The maximum absolute atomic E-state index is 5.91. The van der Waals surface area contributed by atoms with Crippen molar-refractivity contribution in [1.82, 2.24) is 0 Å². The Hall–Kier alpha value is -1.67. The third-order valence-electron chi connectivity index (χ3n) is 2.66. The highest BCUT2D eigenvalue weighted by atomic mass is 35.5. The average Bonchev–Trinajstić information content (AvgIpc) is 2.40. The first kappa shape index (κ1) is 12.8. The van der Waals surface area contributed by atoms with Gasteiger partial charge < -0.3 is 10.5 Å². The van der Waals surface area contributed by atoms with Crippen LogP contribution in [0.25, 0.3) is 11.1 Å². The fourth-order valence-electron chi connectivity index (χ4n) is 1.69. The monoisotopic (exact) mass is 261 g/mol. The molecule has 0 aliphatic rings. The third kappa shape index (κ3) is 2.96. The van der Waals surface area contributed by atoms with Gasteiger partial charge in [-0.3, -0.25) is 0 Å². The van der Waals surface area contributed by atoms with Crippen LogP contribution in [0, 0.1) is 0 Å². The average molecular weight is 262 g/mol. The van der Waals surface area contributed by atoms with Gasteiger partial charge in [0.25, 0.3) is 0 Å². The molecule has 0 saturated heterocycles. The van der Waals surface area contributed by atoms with E-state index in [9.17, 15) is 0 Å². The van der Waals surface area contributed by atoms with Crippen LogP contribution < -0.4 is 10.5 Å².